The van der Waals surface area contributed by atoms with E-state index in [-0.39, 0.29) is 30.8 Å². The number of anilines is 1. The average Bonchev–Trinajstić information content (AvgIpc) is 3.39. The molecule has 0 amide bonds. The lowest BCUT2D eigenvalue weighted by atomic mass is 9.88. The molecule has 1 unspecified atom stereocenters. The molecule has 0 bridgehead atoms. The van der Waals surface area contributed by atoms with E-state index in [1.165, 1.54) is 10.4 Å². The summed E-state index contributed by atoms with van der Waals surface area (Å²) in [4.78, 5) is 11.3. The second-order valence-corrected chi connectivity index (χ2v) is 12.9. The maximum Gasteiger partial charge on any atom is 0.225 e. The van der Waals surface area contributed by atoms with Crippen LogP contribution in [0.15, 0.2) is 30.6 Å². The number of hydrogen-bond acceptors (Lipinski definition) is 7. The Morgan fingerprint density at radius 1 is 1.13 bits per heavy atom. The third kappa shape index (κ3) is 6.44. The number of aliphatic hydroxyl groups excluding tert-OH is 1. The molecule has 0 radical (unpaired) electrons. The van der Waals surface area contributed by atoms with Crippen LogP contribution in [-0.4, -0.2) is 72.4 Å². The van der Waals surface area contributed by atoms with Gasteiger partial charge in [-0.25, -0.2) is 22.8 Å². The minimum Gasteiger partial charge on any atom is -0.486 e. The summed E-state index contributed by atoms with van der Waals surface area (Å²) in [7, 11) is -3.35. The summed E-state index contributed by atoms with van der Waals surface area (Å²) in [5.74, 6) is 1.18. The molecule has 0 spiro atoms. The van der Waals surface area contributed by atoms with Crippen LogP contribution >= 0.6 is 0 Å². The van der Waals surface area contributed by atoms with Crippen molar-refractivity contribution in [1.29, 1.82) is 0 Å². The highest BCUT2D eigenvalue weighted by Gasteiger charge is 2.35. The Balaban J connectivity index is 1.18. The lowest BCUT2D eigenvalue weighted by molar-refractivity contribution is 0.134. The van der Waals surface area contributed by atoms with Crippen molar-refractivity contribution in [3.63, 3.8) is 0 Å². The third-order valence-corrected chi connectivity index (χ3v) is 10.1. The molecule has 212 valence electrons. The van der Waals surface area contributed by atoms with Gasteiger partial charge in [0.1, 0.15) is 6.10 Å². The Bertz CT molecular complexity index is 1280. The number of ether oxygens (including phenoxy) is 1. The van der Waals surface area contributed by atoms with Gasteiger partial charge in [0.2, 0.25) is 16.0 Å². The van der Waals surface area contributed by atoms with Crippen molar-refractivity contribution in [3.8, 4) is 5.75 Å². The van der Waals surface area contributed by atoms with Crippen LogP contribution in [-0.2, 0) is 22.9 Å². The van der Waals surface area contributed by atoms with Gasteiger partial charge in [-0.3, -0.25) is 0 Å². The zero-order valence-corrected chi connectivity index (χ0v) is 23.5. The van der Waals surface area contributed by atoms with Gasteiger partial charge < -0.3 is 14.7 Å². The number of benzene rings is 1. The molecule has 1 atom stereocenters. The predicted molar refractivity (Wildman–Crippen MR) is 150 cm³/mol. The van der Waals surface area contributed by atoms with E-state index in [0.717, 1.165) is 67.0 Å². The van der Waals surface area contributed by atoms with Crippen LogP contribution in [0, 0.1) is 11.7 Å². The molecule has 2 aromatic rings. The van der Waals surface area contributed by atoms with Crippen LogP contribution in [0.25, 0.3) is 5.57 Å². The zero-order valence-electron chi connectivity index (χ0n) is 22.7. The Morgan fingerprint density at radius 3 is 2.56 bits per heavy atom. The summed E-state index contributed by atoms with van der Waals surface area (Å²) >= 11 is 0. The van der Waals surface area contributed by atoms with Crippen molar-refractivity contribution in [2.45, 2.75) is 64.4 Å². The van der Waals surface area contributed by atoms with Crippen molar-refractivity contribution in [1.82, 2.24) is 14.3 Å². The molecule has 5 rings (SSSR count). The van der Waals surface area contributed by atoms with E-state index in [9.17, 15) is 8.42 Å². The number of rotatable bonds is 10. The maximum atomic E-state index is 15.2. The quantitative estimate of drug-likeness (QED) is 0.441. The molecule has 1 N–H and O–H groups in total. The Morgan fingerprint density at radius 2 is 1.90 bits per heavy atom. The molecule has 0 saturated carbocycles. The number of piperidine rings is 1. The number of aromatic nitrogens is 2. The lowest BCUT2D eigenvalue weighted by Crippen LogP contribution is -2.40. The van der Waals surface area contributed by atoms with Crippen molar-refractivity contribution in [2.24, 2.45) is 5.92 Å². The number of halogens is 1. The van der Waals surface area contributed by atoms with Gasteiger partial charge in [0.25, 0.3) is 0 Å². The fourth-order valence-corrected chi connectivity index (χ4v) is 7.38. The largest absolute Gasteiger partial charge is 0.486 e. The molecular weight excluding hydrogens is 519 g/mol. The molecule has 39 heavy (non-hydrogen) atoms. The highest BCUT2D eigenvalue weighted by atomic mass is 32.2. The van der Waals surface area contributed by atoms with E-state index in [2.05, 4.69) is 21.8 Å². The Kier molecular flexibility index (Phi) is 8.83. The summed E-state index contributed by atoms with van der Waals surface area (Å²) in [5.41, 5.74) is 3.84. The van der Waals surface area contributed by atoms with Gasteiger partial charge in [-0.05, 0) is 73.3 Å². The highest BCUT2D eigenvalue weighted by molar-refractivity contribution is 7.89. The van der Waals surface area contributed by atoms with E-state index in [0.29, 0.717) is 43.9 Å². The van der Waals surface area contributed by atoms with Crippen LogP contribution in [0.2, 0.25) is 0 Å². The molecule has 3 aliphatic rings. The fourth-order valence-electron chi connectivity index (χ4n) is 5.88. The van der Waals surface area contributed by atoms with Crippen LogP contribution in [0.4, 0.5) is 10.3 Å². The second kappa shape index (κ2) is 12.3. The van der Waals surface area contributed by atoms with Crippen molar-refractivity contribution >= 4 is 21.5 Å². The molecule has 1 saturated heterocycles. The van der Waals surface area contributed by atoms with Gasteiger partial charge in [0, 0.05) is 57.2 Å². The topological polar surface area (TPSA) is 95.9 Å². The minimum absolute atomic E-state index is 0.00420. The highest BCUT2D eigenvalue weighted by Crippen LogP contribution is 2.39. The van der Waals surface area contributed by atoms with Crippen molar-refractivity contribution in [2.75, 3.05) is 43.4 Å². The van der Waals surface area contributed by atoms with Gasteiger partial charge in [-0.15, -0.1) is 0 Å². The molecule has 1 fully saturated rings. The summed E-state index contributed by atoms with van der Waals surface area (Å²) in [6.07, 6.45) is 11.8. The Labute approximate surface area is 231 Å². The molecule has 4 heterocycles. The zero-order chi connectivity index (χ0) is 27.4. The molecule has 3 aliphatic heterocycles. The number of aryl methyl sites for hydroxylation is 1. The standard InChI is InChI=1S/C29H39FN4O4S/c1-2-5-21-19-31-29(32-20-21)33-10-6-23(7-11-33)27-18-25-16-24(17-26(30)28(25)38-27)22-8-12-34(13-9-22)39(36,37)15-4-3-14-35/h8,16-17,19-20,23,27,35H,2-7,9-15,18H2,1H3. The number of sulfonamides is 1. The Hall–Kier alpha value is -2.56. The van der Waals surface area contributed by atoms with Crippen molar-refractivity contribution in [3.05, 3.63) is 53.1 Å². The molecule has 10 heteroatoms. The van der Waals surface area contributed by atoms with E-state index in [4.69, 9.17) is 9.84 Å². The van der Waals surface area contributed by atoms with E-state index in [1.54, 1.807) is 0 Å². The molecule has 0 aliphatic carbocycles. The van der Waals surface area contributed by atoms with E-state index >= 15 is 4.39 Å². The van der Waals surface area contributed by atoms with Gasteiger partial charge >= 0.3 is 0 Å². The maximum absolute atomic E-state index is 15.2. The first-order chi connectivity index (χ1) is 18.9. The number of hydrogen-bond donors (Lipinski definition) is 1. The van der Waals surface area contributed by atoms with Gasteiger partial charge in [0.15, 0.2) is 11.6 Å². The van der Waals surface area contributed by atoms with Crippen LogP contribution in [0.3, 0.4) is 0 Å². The summed E-state index contributed by atoms with van der Waals surface area (Å²) in [6, 6.07) is 3.55. The van der Waals surface area contributed by atoms with Crippen LogP contribution < -0.4 is 9.64 Å². The number of aliphatic hydroxyl groups is 1. The van der Waals surface area contributed by atoms with Gasteiger partial charge in [0.05, 0.1) is 5.75 Å². The van der Waals surface area contributed by atoms with Gasteiger partial charge in [-0.2, -0.15) is 4.31 Å². The monoisotopic (exact) mass is 558 g/mol. The predicted octanol–water partition coefficient (Wildman–Crippen LogP) is 3.98. The first-order valence-corrected chi connectivity index (χ1v) is 15.8. The van der Waals surface area contributed by atoms with E-state index < -0.39 is 10.0 Å². The van der Waals surface area contributed by atoms with Crippen LogP contribution in [0.5, 0.6) is 5.75 Å². The first-order valence-electron chi connectivity index (χ1n) is 14.2. The number of nitrogens with zero attached hydrogens (tertiary/aromatic N) is 4. The smallest absolute Gasteiger partial charge is 0.225 e. The van der Waals surface area contributed by atoms with Crippen LogP contribution in [0.1, 0.15) is 62.1 Å². The molecule has 1 aromatic carbocycles. The summed E-state index contributed by atoms with van der Waals surface area (Å²) in [5, 5.41) is 8.92. The number of fused-ring (bicyclic) bond motifs is 1. The van der Waals surface area contributed by atoms with Crippen molar-refractivity contribution < 1.29 is 22.7 Å². The first kappa shape index (κ1) is 28.0. The minimum atomic E-state index is -3.35. The van der Waals surface area contributed by atoms with E-state index in [1.807, 2.05) is 24.5 Å². The average molecular weight is 559 g/mol. The molecule has 1 aromatic heterocycles. The summed E-state index contributed by atoms with van der Waals surface area (Å²) < 4.78 is 47.9. The third-order valence-electron chi connectivity index (χ3n) is 8.14. The molecular formula is C29H39FN4O4S. The lowest BCUT2D eigenvalue weighted by Gasteiger charge is -2.34. The summed E-state index contributed by atoms with van der Waals surface area (Å²) in [6.45, 7) is 4.53. The second-order valence-electron chi connectivity index (χ2n) is 10.9. The number of unbranched alkanes of at least 4 members (excludes halogenated alkanes) is 1. The molecule has 8 nitrogen and oxygen atoms in total. The normalized spacial score (nSPS) is 20.5. The fraction of sp³-hybridized carbons (Fsp3) is 0.586. The SMILES string of the molecule is CCCc1cnc(N2CCC(C3Cc4cc(C5=CCN(S(=O)(=O)CCCCO)CC5)cc(F)c4O3)CC2)nc1. The van der Waals surface area contributed by atoms with Gasteiger partial charge in [-0.1, -0.05) is 19.4 Å².